The van der Waals surface area contributed by atoms with Crippen LogP contribution in [0, 0.1) is 0 Å². The molecule has 4 heteroatoms. The van der Waals surface area contributed by atoms with Crippen molar-refractivity contribution in [1.29, 1.82) is 0 Å². The molecule has 0 unspecified atom stereocenters. The van der Waals surface area contributed by atoms with Gasteiger partial charge in [-0.15, -0.1) is 0 Å². The summed E-state index contributed by atoms with van der Waals surface area (Å²) < 4.78 is 6.96. The first kappa shape index (κ1) is 14.5. The third-order valence-electron chi connectivity index (χ3n) is 3.57. The van der Waals surface area contributed by atoms with E-state index in [0.717, 1.165) is 28.8 Å². The van der Waals surface area contributed by atoms with Crippen molar-refractivity contribution in [2.24, 2.45) is 0 Å². The van der Waals surface area contributed by atoms with Crippen molar-refractivity contribution in [2.45, 2.75) is 38.8 Å². The average molecular weight is 347 g/mol. The number of benzene rings is 1. The zero-order chi connectivity index (χ0) is 14.7. The maximum absolute atomic E-state index is 5.99. The van der Waals surface area contributed by atoms with Crippen LogP contribution < -0.4 is 10.1 Å². The second-order valence-electron chi connectivity index (χ2n) is 5.38. The van der Waals surface area contributed by atoms with Crippen LogP contribution in [0.3, 0.4) is 0 Å². The van der Waals surface area contributed by atoms with Gasteiger partial charge >= 0.3 is 0 Å². The molecule has 1 aliphatic carbocycles. The van der Waals surface area contributed by atoms with Crippen LogP contribution in [0.1, 0.15) is 30.9 Å². The topological polar surface area (TPSA) is 34.1 Å². The second kappa shape index (κ2) is 6.58. The molecule has 0 bridgehead atoms. The van der Waals surface area contributed by atoms with Gasteiger partial charge in [-0.1, -0.05) is 19.1 Å². The number of aromatic nitrogens is 1. The summed E-state index contributed by atoms with van der Waals surface area (Å²) in [5, 5.41) is 3.51. The molecule has 0 aliphatic heterocycles. The van der Waals surface area contributed by atoms with Crippen LogP contribution >= 0.6 is 15.9 Å². The lowest BCUT2D eigenvalue weighted by molar-refractivity contribution is 0.452. The lowest BCUT2D eigenvalue weighted by atomic mass is 10.2. The van der Waals surface area contributed by atoms with E-state index in [1.54, 1.807) is 6.20 Å². The number of hydrogen-bond acceptors (Lipinski definition) is 3. The lowest BCUT2D eigenvalue weighted by Gasteiger charge is -2.12. The molecule has 1 heterocycles. The van der Waals surface area contributed by atoms with Gasteiger partial charge in [-0.25, -0.2) is 4.98 Å². The highest BCUT2D eigenvalue weighted by atomic mass is 79.9. The van der Waals surface area contributed by atoms with Crippen molar-refractivity contribution >= 4 is 15.9 Å². The quantitative estimate of drug-likeness (QED) is 0.838. The van der Waals surface area contributed by atoms with Gasteiger partial charge in [0.2, 0.25) is 5.88 Å². The van der Waals surface area contributed by atoms with Crippen molar-refractivity contribution in [3.63, 3.8) is 0 Å². The number of nitrogens with one attached hydrogen (secondary N) is 1. The first-order chi connectivity index (χ1) is 10.2. The van der Waals surface area contributed by atoms with E-state index in [-0.39, 0.29) is 0 Å². The van der Waals surface area contributed by atoms with Gasteiger partial charge in [0.1, 0.15) is 5.75 Å². The Morgan fingerprint density at radius 1 is 1.33 bits per heavy atom. The summed E-state index contributed by atoms with van der Waals surface area (Å²) in [5.74, 6) is 1.52. The predicted octanol–water partition coefficient (Wildman–Crippen LogP) is 4.45. The van der Waals surface area contributed by atoms with Crippen LogP contribution in [0.5, 0.6) is 11.6 Å². The molecule has 2 aromatic rings. The Hall–Kier alpha value is -1.39. The van der Waals surface area contributed by atoms with Crippen LogP contribution in [0.25, 0.3) is 0 Å². The number of hydrogen-bond donors (Lipinski definition) is 1. The smallest absolute Gasteiger partial charge is 0.223 e. The molecular weight excluding hydrogens is 328 g/mol. The standard InChI is InChI=1S/C17H19BrN2O/c1-2-12-4-3-5-16(8-12)21-17-13(9-14(18)11-20-17)10-19-15-6-7-15/h3-5,8-9,11,15,19H,2,6-7,10H2,1H3. The van der Waals surface area contributed by atoms with Gasteiger partial charge in [-0.2, -0.15) is 0 Å². The van der Waals surface area contributed by atoms with Crippen molar-refractivity contribution in [3.05, 3.63) is 52.1 Å². The van der Waals surface area contributed by atoms with Gasteiger partial charge in [0.15, 0.2) is 0 Å². The number of ether oxygens (including phenoxy) is 1. The van der Waals surface area contributed by atoms with Crippen LogP contribution in [0.15, 0.2) is 41.0 Å². The van der Waals surface area contributed by atoms with Crippen LogP contribution in [-0.2, 0) is 13.0 Å². The number of rotatable bonds is 6. The first-order valence-electron chi connectivity index (χ1n) is 7.39. The van der Waals surface area contributed by atoms with E-state index in [0.29, 0.717) is 11.9 Å². The maximum Gasteiger partial charge on any atom is 0.223 e. The van der Waals surface area contributed by atoms with Crippen molar-refractivity contribution in [2.75, 3.05) is 0 Å². The number of halogens is 1. The van der Waals surface area contributed by atoms with Crippen molar-refractivity contribution in [1.82, 2.24) is 10.3 Å². The summed E-state index contributed by atoms with van der Waals surface area (Å²) in [7, 11) is 0. The highest BCUT2D eigenvalue weighted by Gasteiger charge is 2.21. The fraction of sp³-hybridized carbons (Fsp3) is 0.353. The van der Waals surface area contributed by atoms with E-state index in [2.05, 4.69) is 51.4 Å². The van der Waals surface area contributed by atoms with Gasteiger partial charge in [0.05, 0.1) is 0 Å². The highest BCUT2D eigenvalue weighted by molar-refractivity contribution is 9.10. The fourth-order valence-electron chi connectivity index (χ4n) is 2.17. The average Bonchev–Trinajstić information content (AvgIpc) is 3.32. The number of aryl methyl sites for hydroxylation is 1. The van der Waals surface area contributed by atoms with Gasteiger partial charge in [-0.05, 0) is 59.0 Å². The molecule has 3 rings (SSSR count). The molecule has 0 atom stereocenters. The molecular formula is C17H19BrN2O. The van der Waals surface area contributed by atoms with E-state index >= 15 is 0 Å². The van der Waals surface area contributed by atoms with Crippen LogP contribution in [0.4, 0.5) is 0 Å². The minimum absolute atomic E-state index is 0.667. The summed E-state index contributed by atoms with van der Waals surface area (Å²) in [4.78, 5) is 4.42. The molecule has 0 spiro atoms. The zero-order valence-corrected chi connectivity index (χ0v) is 13.7. The molecule has 1 aromatic carbocycles. The molecule has 0 radical (unpaired) electrons. The number of nitrogens with zero attached hydrogens (tertiary/aromatic N) is 1. The SMILES string of the molecule is CCc1cccc(Oc2ncc(Br)cc2CNC2CC2)c1. The second-order valence-corrected chi connectivity index (χ2v) is 6.29. The largest absolute Gasteiger partial charge is 0.439 e. The van der Waals surface area contributed by atoms with E-state index in [9.17, 15) is 0 Å². The number of pyridine rings is 1. The summed E-state index contributed by atoms with van der Waals surface area (Å²) in [6.07, 6.45) is 5.33. The van der Waals surface area contributed by atoms with Crippen LogP contribution in [-0.4, -0.2) is 11.0 Å². The Morgan fingerprint density at radius 2 is 2.19 bits per heavy atom. The molecule has 110 valence electrons. The Balaban J connectivity index is 1.79. The Kier molecular flexibility index (Phi) is 4.56. The Labute approximate surface area is 133 Å². The summed E-state index contributed by atoms with van der Waals surface area (Å²) >= 11 is 3.48. The van der Waals surface area contributed by atoms with Gasteiger partial charge in [-0.3, -0.25) is 0 Å². The van der Waals surface area contributed by atoms with Crippen LogP contribution in [0.2, 0.25) is 0 Å². The molecule has 1 aliphatic rings. The van der Waals surface area contributed by atoms with E-state index in [4.69, 9.17) is 4.74 Å². The molecule has 1 fully saturated rings. The predicted molar refractivity (Wildman–Crippen MR) is 87.7 cm³/mol. The summed E-state index contributed by atoms with van der Waals surface area (Å²) in [6.45, 7) is 2.93. The first-order valence-corrected chi connectivity index (χ1v) is 8.18. The molecule has 1 aromatic heterocycles. The lowest BCUT2D eigenvalue weighted by Crippen LogP contribution is -2.16. The Morgan fingerprint density at radius 3 is 2.95 bits per heavy atom. The molecule has 0 saturated heterocycles. The molecule has 0 amide bonds. The zero-order valence-electron chi connectivity index (χ0n) is 12.1. The summed E-state index contributed by atoms with van der Waals surface area (Å²) in [5.41, 5.74) is 2.35. The van der Waals surface area contributed by atoms with Crippen molar-refractivity contribution < 1.29 is 4.74 Å². The van der Waals surface area contributed by atoms with Gasteiger partial charge in [0.25, 0.3) is 0 Å². The fourth-order valence-corrected chi connectivity index (χ4v) is 2.55. The maximum atomic E-state index is 5.99. The molecule has 1 saturated carbocycles. The third-order valence-corrected chi connectivity index (χ3v) is 4.01. The minimum Gasteiger partial charge on any atom is -0.439 e. The van der Waals surface area contributed by atoms with Crippen molar-refractivity contribution in [3.8, 4) is 11.6 Å². The van der Waals surface area contributed by atoms with Gasteiger partial charge in [0, 0.05) is 28.8 Å². The Bertz CT molecular complexity index is 626. The van der Waals surface area contributed by atoms with Gasteiger partial charge < -0.3 is 10.1 Å². The normalized spacial score (nSPS) is 14.2. The van der Waals surface area contributed by atoms with E-state index < -0.39 is 0 Å². The molecule has 3 nitrogen and oxygen atoms in total. The van der Waals surface area contributed by atoms with E-state index in [1.807, 2.05) is 12.1 Å². The van der Waals surface area contributed by atoms with E-state index in [1.165, 1.54) is 18.4 Å². The molecule has 21 heavy (non-hydrogen) atoms. The summed E-state index contributed by atoms with van der Waals surface area (Å²) in [6, 6.07) is 10.9. The highest BCUT2D eigenvalue weighted by Crippen LogP contribution is 2.27. The third kappa shape index (κ3) is 4.05. The monoisotopic (exact) mass is 346 g/mol. The minimum atomic E-state index is 0.667. The molecule has 1 N–H and O–H groups in total.